The lowest BCUT2D eigenvalue weighted by atomic mass is 10.1. The second kappa shape index (κ2) is 40.9. The molecular formula is C47H78N2O7. The van der Waals surface area contributed by atoms with Crippen LogP contribution in [0.25, 0.3) is 0 Å². The monoisotopic (exact) mass is 783 g/mol. The van der Waals surface area contributed by atoms with Gasteiger partial charge in [-0.05, 0) is 89.2 Å². The van der Waals surface area contributed by atoms with E-state index in [-0.39, 0.29) is 24.8 Å². The molecule has 2 amide bonds. The van der Waals surface area contributed by atoms with Crippen molar-refractivity contribution >= 4 is 23.8 Å². The average molecular weight is 783 g/mol. The number of nitrogens with one attached hydrogen (secondary N) is 2. The molecule has 0 saturated heterocycles. The third-order valence-electron chi connectivity index (χ3n) is 9.15. The molecule has 0 aromatic heterocycles. The molecule has 0 aliphatic carbocycles. The Hall–Kier alpha value is -3.72. The smallest absolute Gasteiger partial charge is 0.328 e. The Balaban J connectivity index is 4.09. The predicted molar refractivity (Wildman–Crippen MR) is 231 cm³/mol. The van der Waals surface area contributed by atoms with Gasteiger partial charge in [-0.2, -0.15) is 0 Å². The van der Waals surface area contributed by atoms with Crippen LogP contribution in [0.1, 0.15) is 174 Å². The SMILES string of the molecule is CC/C=C\C/C=C\C(/C=C\CCCCCC(=O)NCC(=O)NC(CO)C(=O)O)OC(=O)CCCCCCCCCC/C=C\C/C=C\C/C=C\CCCCCCC. The summed E-state index contributed by atoms with van der Waals surface area (Å²) in [5, 5.41) is 22.4. The topological polar surface area (TPSA) is 142 Å². The highest BCUT2D eigenvalue weighted by molar-refractivity contribution is 5.87. The molecule has 2 atom stereocenters. The van der Waals surface area contributed by atoms with Crippen LogP contribution >= 0.6 is 0 Å². The van der Waals surface area contributed by atoms with Crippen molar-refractivity contribution in [2.45, 2.75) is 187 Å². The van der Waals surface area contributed by atoms with Crippen LogP contribution in [-0.4, -0.2) is 59.3 Å². The fourth-order valence-electron chi connectivity index (χ4n) is 5.80. The van der Waals surface area contributed by atoms with Crippen LogP contribution in [0.4, 0.5) is 0 Å². The molecule has 0 spiro atoms. The molecule has 0 aromatic carbocycles. The zero-order chi connectivity index (χ0) is 41.2. The molecule has 0 rings (SSSR count). The predicted octanol–water partition coefficient (Wildman–Crippen LogP) is 10.7. The quantitative estimate of drug-likeness (QED) is 0.0277. The summed E-state index contributed by atoms with van der Waals surface area (Å²) in [6.45, 7) is 3.28. The number of ether oxygens (including phenoxy) is 1. The highest BCUT2D eigenvalue weighted by atomic mass is 16.5. The second-order valence-electron chi connectivity index (χ2n) is 14.4. The van der Waals surface area contributed by atoms with E-state index in [9.17, 15) is 19.2 Å². The average Bonchev–Trinajstić information content (AvgIpc) is 3.18. The van der Waals surface area contributed by atoms with E-state index < -0.39 is 30.6 Å². The van der Waals surface area contributed by atoms with Gasteiger partial charge < -0.3 is 25.6 Å². The summed E-state index contributed by atoms with van der Waals surface area (Å²) in [5.74, 6) is -2.49. The molecule has 0 aromatic rings. The summed E-state index contributed by atoms with van der Waals surface area (Å²) >= 11 is 0. The summed E-state index contributed by atoms with van der Waals surface area (Å²) in [5.41, 5.74) is 0. The Morgan fingerprint density at radius 2 is 1.04 bits per heavy atom. The number of amides is 2. The first kappa shape index (κ1) is 52.3. The first-order valence-corrected chi connectivity index (χ1v) is 21.9. The van der Waals surface area contributed by atoms with Crippen molar-refractivity contribution < 1.29 is 34.1 Å². The van der Waals surface area contributed by atoms with Crippen molar-refractivity contribution in [2.75, 3.05) is 13.2 Å². The van der Waals surface area contributed by atoms with Gasteiger partial charge in [0.25, 0.3) is 0 Å². The zero-order valence-electron chi connectivity index (χ0n) is 35.1. The van der Waals surface area contributed by atoms with Gasteiger partial charge in [-0.3, -0.25) is 14.4 Å². The molecule has 0 saturated carbocycles. The lowest BCUT2D eigenvalue weighted by molar-refractivity contribution is -0.145. The van der Waals surface area contributed by atoms with Crippen molar-refractivity contribution in [3.05, 3.63) is 72.9 Å². The Morgan fingerprint density at radius 3 is 1.62 bits per heavy atom. The standard InChI is InChI=1S/C47H78N2O7/c1-3-5-7-9-10-11-12-13-14-15-16-17-18-19-20-21-22-23-24-25-26-31-35-39-46(53)56-42(36-32-28-8-6-4-2)37-33-29-27-30-34-38-44(51)48-40-45(52)49-43(41-50)47(54)55/h6,8,12-13,15-16,18-19,32-33,36-37,42-43,50H,3-5,7,9-11,14,17,20-31,34-35,38-41H2,1-2H3,(H,48,51)(H,49,52)(H,54,55)/b8-6-,13-12-,16-15-,19-18-,36-32-,37-33-. The van der Waals surface area contributed by atoms with Crippen molar-refractivity contribution in [1.29, 1.82) is 0 Å². The lowest BCUT2D eigenvalue weighted by Crippen LogP contribution is -2.47. The lowest BCUT2D eigenvalue weighted by Gasteiger charge is -2.12. The number of hydrogen-bond acceptors (Lipinski definition) is 6. The minimum atomic E-state index is -1.40. The van der Waals surface area contributed by atoms with E-state index in [2.05, 4.69) is 73.1 Å². The summed E-state index contributed by atoms with van der Waals surface area (Å²) in [4.78, 5) is 47.3. The molecule has 0 bridgehead atoms. The summed E-state index contributed by atoms with van der Waals surface area (Å²) in [6, 6.07) is -1.40. The molecular weight excluding hydrogens is 705 g/mol. The van der Waals surface area contributed by atoms with Gasteiger partial charge >= 0.3 is 11.9 Å². The number of unbranched alkanes of at least 4 members (excludes halogenated alkanes) is 16. The largest absolute Gasteiger partial charge is 0.480 e. The first-order chi connectivity index (χ1) is 27.3. The van der Waals surface area contributed by atoms with Crippen LogP contribution in [0.3, 0.4) is 0 Å². The third kappa shape index (κ3) is 37.2. The number of carbonyl (C=O) groups is 4. The molecule has 318 valence electrons. The fourth-order valence-corrected chi connectivity index (χ4v) is 5.80. The van der Waals surface area contributed by atoms with E-state index in [0.29, 0.717) is 12.8 Å². The van der Waals surface area contributed by atoms with Crippen molar-refractivity contribution in [1.82, 2.24) is 10.6 Å². The Morgan fingerprint density at radius 1 is 0.554 bits per heavy atom. The molecule has 9 heteroatoms. The molecule has 4 N–H and O–H groups in total. The van der Waals surface area contributed by atoms with Gasteiger partial charge in [-0.25, -0.2) is 4.79 Å². The van der Waals surface area contributed by atoms with Gasteiger partial charge in [-0.15, -0.1) is 0 Å². The summed E-state index contributed by atoms with van der Waals surface area (Å²) in [6.07, 6.45) is 51.5. The molecule has 0 aliphatic heterocycles. The van der Waals surface area contributed by atoms with Crippen LogP contribution in [0, 0.1) is 0 Å². The Bertz CT molecular complexity index is 1170. The molecule has 0 heterocycles. The summed E-state index contributed by atoms with van der Waals surface area (Å²) in [7, 11) is 0. The third-order valence-corrected chi connectivity index (χ3v) is 9.15. The van der Waals surface area contributed by atoms with Crippen LogP contribution in [-0.2, 0) is 23.9 Å². The van der Waals surface area contributed by atoms with Crippen molar-refractivity contribution in [3.8, 4) is 0 Å². The number of carboxylic acids is 1. The van der Waals surface area contributed by atoms with Gasteiger partial charge in [0.15, 0.2) is 0 Å². The van der Waals surface area contributed by atoms with Crippen molar-refractivity contribution in [2.24, 2.45) is 0 Å². The number of allylic oxidation sites excluding steroid dienone is 10. The van der Waals surface area contributed by atoms with Gasteiger partial charge in [0.05, 0.1) is 13.2 Å². The first-order valence-electron chi connectivity index (χ1n) is 21.9. The number of aliphatic carboxylic acids is 1. The number of rotatable bonds is 38. The molecule has 2 unspecified atom stereocenters. The maximum atomic E-state index is 12.6. The van der Waals surface area contributed by atoms with E-state index >= 15 is 0 Å². The number of carboxylic acid groups (broad SMARTS) is 1. The number of aliphatic hydroxyl groups is 1. The zero-order valence-corrected chi connectivity index (χ0v) is 35.1. The minimum absolute atomic E-state index is 0.174. The van der Waals surface area contributed by atoms with Gasteiger partial charge in [-0.1, -0.05) is 145 Å². The highest BCUT2D eigenvalue weighted by Gasteiger charge is 2.18. The number of aliphatic hydroxyl groups excluding tert-OH is 1. The minimum Gasteiger partial charge on any atom is -0.480 e. The van der Waals surface area contributed by atoms with E-state index in [0.717, 1.165) is 70.6 Å². The second-order valence-corrected chi connectivity index (χ2v) is 14.4. The van der Waals surface area contributed by atoms with Crippen LogP contribution in [0.2, 0.25) is 0 Å². The van der Waals surface area contributed by atoms with Crippen molar-refractivity contribution in [3.63, 3.8) is 0 Å². The fraction of sp³-hybridized carbons (Fsp3) is 0.660. The normalized spacial score (nSPS) is 13.2. The number of esters is 1. The van der Waals surface area contributed by atoms with E-state index in [1.165, 1.54) is 70.6 Å². The molecule has 56 heavy (non-hydrogen) atoms. The number of hydrogen-bond donors (Lipinski definition) is 4. The maximum absolute atomic E-state index is 12.6. The van der Waals surface area contributed by atoms with Crippen LogP contribution in [0.15, 0.2) is 72.9 Å². The molecule has 0 fully saturated rings. The molecule has 0 radical (unpaired) electrons. The van der Waals surface area contributed by atoms with Gasteiger partial charge in [0, 0.05) is 12.8 Å². The van der Waals surface area contributed by atoms with Gasteiger partial charge in [0.1, 0.15) is 12.1 Å². The Kier molecular flexibility index (Phi) is 38.2. The highest BCUT2D eigenvalue weighted by Crippen LogP contribution is 2.13. The maximum Gasteiger partial charge on any atom is 0.328 e. The van der Waals surface area contributed by atoms with Gasteiger partial charge in [0.2, 0.25) is 11.8 Å². The summed E-state index contributed by atoms with van der Waals surface area (Å²) < 4.78 is 5.78. The van der Waals surface area contributed by atoms with Crippen LogP contribution in [0.5, 0.6) is 0 Å². The van der Waals surface area contributed by atoms with E-state index in [1.807, 2.05) is 24.3 Å². The number of carbonyl (C=O) groups excluding carboxylic acids is 3. The molecule has 9 nitrogen and oxygen atoms in total. The Labute approximate surface area is 340 Å². The van der Waals surface area contributed by atoms with E-state index in [4.69, 9.17) is 14.9 Å². The molecule has 0 aliphatic rings. The van der Waals surface area contributed by atoms with E-state index in [1.54, 1.807) is 0 Å². The van der Waals surface area contributed by atoms with Crippen LogP contribution < -0.4 is 10.6 Å².